The van der Waals surface area contributed by atoms with Crippen LogP contribution < -0.4 is 4.74 Å². The van der Waals surface area contributed by atoms with E-state index in [0.717, 1.165) is 41.9 Å². The van der Waals surface area contributed by atoms with Crippen molar-refractivity contribution in [3.05, 3.63) is 23.8 Å². The number of nitrogens with zero attached hydrogens (tertiary/aromatic N) is 1. The van der Waals surface area contributed by atoms with Crippen LogP contribution in [0.5, 0.6) is 5.75 Å². The first kappa shape index (κ1) is 13.2. The number of hydrogen-bond donors (Lipinski definition) is 0. The van der Waals surface area contributed by atoms with E-state index in [1.165, 1.54) is 0 Å². The van der Waals surface area contributed by atoms with Crippen LogP contribution in [0.2, 0.25) is 0 Å². The Bertz CT molecular complexity index is 452. The van der Waals surface area contributed by atoms with E-state index >= 15 is 0 Å². The third kappa shape index (κ3) is 2.18. The second-order valence-corrected chi connectivity index (χ2v) is 5.33. The van der Waals surface area contributed by atoms with Crippen molar-refractivity contribution in [2.45, 2.75) is 36.1 Å². The van der Waals surface area contributed by atoms with Gasteiger partial charge in [-0.3, -0.25) is 0 Å². The summed E-state index contributed by atoms with van der Waals surface area (Å²) in [6, 6.07) is 5.97. The first-order chi connectivity index (χ1) is 8.77. The Kier molecular flexibility index (Phi) is 4.10. The lowest BCUT2D eigenvalue weighted by Gasteiger charge is -2.27. The largest absolute Gasteiger partial charge is 0.496 e. The molecule has 0 amide bonds. The standard InChI is InChI=1S/C14H17NO2S/c1-17-11-6-5-7-12(18-2)13(11)14(15-10-16)8-3-4-9-14/h5-7H,3-4,8-9H2,1-2H3. The first-order valence-electron chi connectivity index (χ1n) is 6.08. The number of methoxy groups -OCH3 is 1. The average Bonchev–Trinajstić information content (AvgIpc) is 2.87. The van der Waals surface area contributed by atoms with E-state index in [-0.39, 0.29) is 0 Å². The van der Waals surface area contributed by atoms with Crippen LogP contribution in [0.3, 0.4) is 0 Å². The minimum absolute atomic E-state index is 0.424. The van der Waals surface area contributed by atoms with Gasteiger partial charge in [0.2, 0.25) is 6.08 Å². The van der Waals surface area contributed by atoms with Gasteiger partial charge in [0.05, 0.1) is 7.11 Å². The fourth-order valence-corrected chi connectivity index (χ4v) is 3.48. The van der Waals surface area contributed by atoms with Gasteiger partial charge in [0.15, 0.2) is 0 Å². The maximum absolute atomic E-state index is 10.8. The van der Waals surface area contributed by atoms with Crippen LogP contribution in [0.4, 0.5) is 0 Å². The second kappa shape index (κ2) is 5.59. The summed E-state index contributed by atoms with van der Waals surface area (Å²) >= 11 is 1.67. The summed E-state index contributed by atoms with van der Waals surface area (Å²) in [6.45, 7) is 0. The minimum atomic E-state index is -0.424. The number of carbonyl (C=O) groups excluding carboxylic acids is 1. The molecule has 0 spiro atoms. The van der Waals surface area contributed by atoms with Crippen LogP contribution in [0, 0.1) is 0 Å². The van der Waals surface area contributed by atoms with E-state index in [1.54, 1.807) is 25.0 Å². The summed E-state index contributed by atoms with van der Waals surface area (Å²) in [5.41, 5.74) is 0.632. The fraction of sp³-hybridized carbons (Fsp3) is 0.500. The van der Waals surface area contributed by atoms with E-state index in [4.69, 9.17) is 4.74 Å². The van der Waals surface area contributed by atoms with Crippen molar-refractivity contribution in [1.29, 1.82) is 0 Å². The molecule has 1 saturated carbocycles. The van der Waals surface area contributed by atoms with Gasteiger partial charge in [-0.25, -0.2) is 4.79 Å². The molecule has 1 aromatic rings. The van der Waals surface area contributed by atoms with E-state index in [2.05, 4.69) is 11.1 Å². The molecule has 0 saturated heterocycles. The highest BCUT2D eigenvalue weighted by molar-refractivity contribution is 7.98. The van der Waals surface area contributed by atoms with Crippen molar-refractivity contribution in [1.82, 2.24) is 0 Å². The Hall–Kier alpha value is -1.25. The molecule has 0 unspecified atom stereocenters. The number of hydrogen-bond acceptors (Lipinski definition) is 4. The van der Waals surface area contributed by atoms with Crippen LogP contribution in [-0.2, 0) is 10.3 Å². The first-order valence-corrected chi connectivity index (χ1v) is 7.30. The van der Waals surface area contributed by atoms with E-state index in [0.29, 0.717) is 0 Å². The van der Waals surface area contributed by atoms with Gasteiger partial charge in [-0.2, -0.15) is 4.99 Å². The summed E-state index contributed by atoms with van der Waals surface area (Å²) < 4.78 is 5.47. The Labute approximate surface area is 112 Å². The van der Waals surface area contributed by atoms with Gasteiger partial charge in [-0.05, 0) is 31.2 Å². The molecular formula is C14H17NO2S. The van der Waals surface area contributed by atoms with Crippen LogP contribution >= 0.6 is 11.8 Å². The Balaban J connectivity index is 2.62. The maximum atomic E-state index is 10.8. The summed E-state index contributed by atoms with van der Waals surface area (Å²) in [5.74, 6) is 0.822. The number of aliphatic imine (C=N–C) groups is 1. The zero-order valence-corrected chi connectivity index (χ0v) is 11.5. The molecule has 0 aromatic heterocycles. The highest BCUT2D eigenvalue weighted by Gasteiger charge is 2.39. The lowest BCUT2D eigenvalue weighted by molar-refractivity contribution is 0.374. The third-order valence-electron chi connectivity index (χ3n) is 3.58. The molecule has 1 aliphatic rings. The third-order valence-corrected chi connectivity index (χ3v) is 4.36. The summed E-state index contributed by atoms with van der Waals surface area (Å²) in [6.07, 6.45) is 7.78. The molecule has 0 bridgehead atoms. The zero-order valence-electron chi connectivity index (χ0n) is 10.7. The predicted molar refractivity (Wildman–Crippen MR) is 73.0 cm³/mol. The second-order valence-electron chi connectivity index (χ2n) is 4.48. The van der Waals surface area contributed by atoms with E-state index < -0.39 is 5.54 Å². The molecule has 18 heavy (non-hydrogen) atoms. The minimum Gasteiger partial charge on any atom is -0.496 e. The number of isocyanates is 1. The van der Waals surface area contributed by atoms with Crippen molar-refractivity contribution in [2.75, 3.05) is 13.4 Å². The van der Waals surface area contributed by atoms with Crippen molar-refractivity contribution >= 4 is 17.8 Å². The number of ether oxygens (including phenoxy) is 1. The van der Waals surface area contributed by atoms with E-state index in [1.807, 2.05) is 18.4 Å². The van der Waals surface area contributed by atoms with Crippen molar-refractivity contribution in [3.63, 3.8) is 0 Å². The molecule has 1 aromatic carbocycles. The summed E-state index contributed by atoms with van der Waals surface area (Å²) in [5, 5.41) is 0. The normalized spacial score (nSPS) is 17.2. The van der Waals surface area contributed by atoms with Crippen LogP contribution in [0.1, 0.15) is 31.2 Å². The maximum Gasteiger partial charge on any atom is 0.235 e. The molecule has 2 rings (SSSR count). The molecule has 1 fully saturated rings. The summed E-state index contributed by atoms with van der Waals surface area (Å²) in [7, 11) is 1.66. The molecule has 0 heterocycles. The monoisotopic (exact) mass is 263 g/mol. The molecule has 3 nitrogen and oxygen atoms in total. The smallest absolute Gasteiger partial charge is 0.235 e. The van der Waals surface area contributed by atoms with Gasteiger partial charge in [0.1, 0.15) is 11.3 Å². The van der Waals surface area contributed by atoms with Crippen LogP contribution in [-0.4, -0.2) is 19.4 Å². The predicted octanol–water partition coefficient (Wildman–Crippen LogP) is 3.52. The Morgan fingerprint density at radius 1 is 1.39 bits per heavy atom. The topological polar surface area (TPSA) is 38.7 Å². The number of benzene rings is 1. The lowest BCUT2D eigenvalue weighted by atomic mass is 9.88. The summed E-state index contributed by atoms with van der Waals surface area (Å²) in [4.78, 5) is 16.1. The van der Waals surface area contributed by atoms with Gasteiger partial charge in [0.25, 0.3) is 0 Å². The molecule has 0 aliphatic heterocycles. The zero-order chi connectivity index (χ0) is 13.0. The lowest BCUT2D eigenvalue weighted by Crippen LogP contribution is -2.21. The molecule has 96 valence electrons. The molecule has 1 aliphatic carbocycles. The molecule has 0 atom stereocenters. The van der Waals surface area contributed by atoms with Gasteiger partial charge >= 0.3 is 0 Å². The SMILES string of the molecule is COc1cccc(SC)c1C1(N=C=O)CCCC1. The van der Waals surface area contributed by atoms with Crippen molar-refractivity contribution in [3.8, 4) is 5.75 Å². The van der Waals surface area contributed by atoms with Gasteiger partial charge in [0, 0.05) is 10.5 Å². The van der Waals surface area contributed by atoms with Gasteiger partial charge < -0.3 is 4.74 Å². The van der Waals surface area contributed by atoms with Crippen molar-refractivity contribution in [2.24, 2.45) is 4.99 Å². The van der Waals surface area contributed by atoms with Crippen LogP contribution in [0.25, 0.3) is 0 Å². The average molecular weight is 263 g/mol. The number of thioether (sulfide) groups is 1. The van der Waals surface area contributed by atoms with Gasteiger partial charge in [-0.15, -0.1) is 11.8 Å². The molecule has 0 N–H and O–H groups in total. The molecule has 0 radical (unpaired) electrons. The molecule has 4 heteroatoms. The quantitative estimate of drug-likeness (QED) is 0.474. The van der Waals surface area contributed by atoms with Gasteiger partial charge in [-0.1, -0.05) is 18.9 Å². The number of rotatable bonds is 4. The Morgan fingerprint density at radius 3 is 2.67 bits per heavy atom. The van der Waals surface area contributed by atoms with E-state index in [9.17, 15) is 4.79 Å². The molecular weight excluding hydrogens is 246 g/mol. The fourth-order valence-electron chi connectivity index (χ4n) is 2.77. The van der Waals surface area contributed by atoms with Crippen LogP contribution in [0.15, 0.2) is 28.1 Å². The van der Waals surface area contributed by atoms with Crippen molar-refractivity contribution < 1.29 is 9.53 Å². The highest BCUT2D eigenvalue weighted by atomic mass is 32.2. The highest BCUT2D eigenvalue weighted by Crippen LogP contribution is 2.48. The Morgan fingerprint density at radius 2 is 2.11 bits per heavy atom.